The van der Waals surface area contributed by atoms with Gasteiger partial charge in [-0.15, -0.1) is 0 Å². The third-order valence-corrected chi connectivity index (χ3v) is 6.80. The molecule has 1 amide bonds. The Kier molecular flexibility index (Phi) is 5.49. The summed E-state index contributed by atoms with van der Waals surface area (Å²) < 4.78 is 18.2. The molecule has 2 aliphatic carbocycles. The Labute approximate surface area is 205 Å². The van der Waals surface area contributed by atoms with E-state index < -0.39 is 0 Å². The maximum atomic E-state index is 12.3. The summed E-state index contributed by atoms with van der Waals surface area (Å²) in [6.07, 6.45) is 7.20. The van der Waals surface area contributed by atoms with Gasteiger partial charge >= 0.3 is 0 Å². The zero-order valence-corrected chi connectivity index (χ0v) is 19.9. The Morgan fingerprint density at radius 3 is 2.56 bits per heavy atom. The molecule has 9 heteroatoms. The summed E-state index contributed by atoms with van der Waals surface area (Å²) in [5.74, 6) is 2.15. The van der Waals surface area contributed by atoms with E-state index >= 15 is 0 Å². The van der Waals surface area contributed by atoms with Crippen molar-refractivity contribution in [3.63, 3.8) is 0 Å². The number of amides is 1. The molecular formula is C25H23BrN4O4. The van der Waals surface area contributed by atoms with Crippen LogP contribution in [0, 0.1) is 0 Å². The van der Waals surface area contributed by atoms with Gasteiger partial charge in [0.1, 0.15) is 6.10 Å². The molecule has 3 aliphatic rings. The van der Waals surface area contributed by atoms with Gasteiger partial charge < -0.3 is 24.8 Å². The average molecular weight is 523 g/mol. The second-order valence-corrected chi connectivity index (χ2v) is 9.55. The van der Waals surface area contributed by atoms with E-state index in [-0.39, 0.29) is 18.8 Å². The molecule has 0 atom stereocenters. The molecule has 2 aromatic carbocycles. The van der Waals surface area contributed by atoms with Crippen LogP contribution >= 0.6 is 15.9 Å². The summed E-state index contributed by atoms with van der Waals surface area (Å²) in [5, 5.41) is 6.24. The van der Waals surface area contributed by atoms with E-state index in [1.54, 1.807) is 6.20 Å². The van der Waals surface area contributed by atoms with E-state index in [4.69, 9.17) is 14.2 Å². The van der Waals surface area contributed by atoms with Crippen LogP contribution in [0.15, 0.2) is 47.1 Å². The van der Waals surface area contributed by atoms with Gasteiger partial charge in [0.25, 0.3) is 5.91 Å². The van der Waals surface area contributed by atoms with Crippen LogP contribution in [0.25, 0.3) is 11.1 Å². The van der Waals surface area contributed by atoms with E-state index in [9.17, 15) is 4.79 Å². The molecule has 3 aromatic rings. The predicted molar refractivity (Wildman–Crippen MR) is 130 cm³/mol. The lowest BCUT2D eigenvalue weighted by Gasteiger charge is -2.27. The highest BCUT2D eigenvalue weighted by molar-refractivity contribution is 9.10. The van der Waals surface area contributed by atoms with Gasteiger partial charge in [-0.25, -0.2) is 4.98 Å². The van der Waals surface area contributed by atoms with Gasteiger partial charge in [0.2, 0.25) is 18.6 Å². The third kappa shape index (κ3) is 4.27. The van der Waals surface area contributed by atoms with Gasteiger partial charge in [0, 0.05) is 17.8 Å². The topological polar surface area (TPSA) is 94.6 Å². The number of benzene rings is 2. The number of carbonyl (C=O) groups excluding carboxylic acids is 1. The van der Waals surface area contributed by atoms with Crippen molar-refractivity contribution in [2.75, 3.05) is 12.1 Å². The van der Waals surface area contributed by atoms with Crippen molar-refractivity contribution in [1.82, 2.24) is 15.3 Å². The molecule has 6 rings (SSSR count). The van der Waals surface area contributed by atoms with Gasteiger partial charge in [0.05, 0.1) is 15.7 Å². The molecule has 8 nitrogen and oxygen atoms in total. The first-order chi connectivity index (χ1) is 16.6. The number of aromatic nitrogens is 2. The monoisotopic (exact) mass is 522 g/mol. The van der Waals surface area contributed by atoms with Crippen LogP contribution in [0.4, 0.5) is 11.6 Å². The predicted octanol–water partition coefficient (Wildman–Crippen LogP) is 5.20. The lowest BCUT2D eigenvalue weighted by atomic mass is 9.96. The van der Waals surface area contributed by atoms with Crippen molar-refractivity contribution in [1.29, 1.82) is 0 Å². The zero-order chi connectivity index (χ0) is 23.1. The number of anilines is 2. The van der Waals surface area contributed by atoms with Gasteiger partial charge in [-0.05, 0) is 77.9 Å². The number of nitrogens with zero attached hydrogens (tertiary/aromatic N) is 2. The van der Waals surface area contributed by atoms with Gasteiger partial charge in [-0.2, -0.15) is 4.98 Å². The molecule has 0 radical (unpaired) electrons. The minimum atomic E-state index is -0.0379. The van der Waals surface area contributed by atoms with Crippen molar-refractivity contribution in [3.05, 3.63) is 52.6 Å². The van der Waals surface area contributed by atoms with Crippen molar-refractivity contribution in [3.8, 4) is 28.5 Å². The summed E-state index contributed by atoms with van der Waals surface area (Å²) >= 11 is 3.47. The summed E-state index contributed by atoms with van der Waals surface area (Å²) in [6.45, 7) is 0.164. The van der Waals surface area contributed by atoms with E-state index in [1.807, 2.05) is 36.4 Å². The van der Waals surface area contributed by atoms with Crippen LogP contribution in [0.2, 0.25) is 0 Å². The number of rotatable bonds is 7. The number of carbonyl (C=O) groups is 1. The number of hydrogen-bond acceptors (Lipinski definition) is 7. The molecule has 0 saturated heterocycles. The smallest absolute Gasteiger partial charge is 0.251 e. The highest BCUT2D eigenvalue weighted by atomic mass is 79.9. The minimum Gasteiger partial charge on any atom is -0.474 e. The van der Waals surface area contributed by atoms with Crippen molar-refractivity contribution < 1.29 is 19.0 Å². The number of nitrogens with one attached hydrogen (secondary N) is 2. The Bertz CT molecular complexity index is 1240. The largest absolute Gasteiger partial charge is 0.474 e. The molecule has 0 spiro atoms. The van der Waals surface area contributed by atoms with Gasteiger partial charge in [-0.1, -0.05) is 12.1 Å². The molecule has 174 valence electrons. The minimum absolute atomic E-state index is 0.0379. The van der Waals surface area contributed by atoms with E-state index in [1.165, 1.54) is 0 Å². The molecule has 2 saturated carbocycles. The van der Waals surface area contributed by atoms with Gasteiger partial charge in [0.15, 0.2) is 11.5 Å². The molecule has 1 aromatic heterocycles. The lowest BCUT2D eigenvalue weighted by molar-refractivity contribution is 0.0951. The van der Waals surface area contributed by atoms with E-state index in [2.05, 4.69) is 36.5 Å². The molecule has 2 N–H and O–H groups in total. The normalized spacial score (nSPS) is 16.6. The molecule has 1 aliphatic heterocycles. The standard InChI is InChI=1S/C25H23BrN4O4/c26-19-10-11-20(22-21(19)32-13-33-22)29-25-27-12-18(24(30-25)34-17-2-1-3-17)14-4-6-15(7-5-14)23(31)28-16-8-9-16/h4-7,10-12,16-17H,1-3,8-9,13H2,(H,28,31)(H,27,29,30). The Morgan fingerprint density at radius 1 is 1.03 bits per heavy atom. The molecule has 2 heterocycles. The van der Waals surface area contributed by atoms with Crippen molar-refractivity contribution in [2.45, 2.75) is 44.2 Å². The average Bonchev–Trinajstić information content (AvgIpc) is 3.49. The summed E-state index contributed by atoms with van der Waals surface area (Å²) in [4.78, 5) is 21.5. The van der Waals surface area contributed by atoms with Crippen LogP contribution in [-0.4, -0.2) is 34.8 Å². The van der Waals surface area contributed by atoms with E-state index in [0.717, 1.165) is 47.7 Å². The molecule has 0 unspecified atom stereocenters. The fraction of sp³-hybridized carbons (Fsp3) is 0.320. The quantitative estimate of drug-likeness (QED) is 0.440. The summed E-state index contributed by atoms with van der Waals surface area (Å²) in [7, 11) is 0. The zero-order valence-electron chi connectivity index (χ0n) is 18.3. The maximum absolute atomic E-state index is 12.3. The highest BCUT2D eigenvalue weighted by Gasteiger charge is 2.25. The first kappa shape index (κ1) is 21.2. The summed E-state index contributed by atoms with van der Waals surface area (Å²) in [6, 6.07) is 11.6. The summed E-state index contributed by atoms with van der Waals surface area (Å²) in [5.41, 5.74) is 3.03. The Morgan fingerprint density at radius 2 is 1.82 bits per heavy atom. The SMILES string of the molecule is O=C(NC1CC1)c1ccc(-c2cnc(Nc3ccc(Br)c4c3OCO4)nc2OC2CCC2)cc1. The van der Waals surface area contributed by atoms with Gasteiger partial charge in [-0.3, -0.25) is 4.79 Å². The molecule has 2 fully saturated rings. The fourth-order valence-electron chi connectivity index (χ4n) is 3.84. The molecule has 34 heavy (non-hydrogen) atoms. The Hall–Kier alpha value is -3.33. The Balaban J connectivity index is 1.28. The van der Waals surface area contributed by atoms with Crippen LogP contribution in [0.5, 0.6) is 17.4 Å². The third-order valence-electron chi connectivity index (χ3n) is 6.17. The molecule has 0 bridgehead atoms. The number of halogens is 1. The highest BCUT2D eigenvalue weighted by Crippen LogP contribution is 2.45. The van der Waals surface area contributed by atoms with Crippen LogP contribution in [-0.2, 0) is 0 Å². The van der Waals surface area contributed by atoms with Crippen molar-refractivity contribution in [2.24, 2.45) is 0 Å². The van der Waals surface area contributed by atoms with E-state index in [0.29, 0.717) is 40.6 Å². The second-order valence-electron chi connectivity index (χ2n) is 8.69. The van der Waals surface area contributed by atoms with Crippen LogP contribution in [0.1, 0.15) is 42.5 Å². The van der Waals surface area contributed by atoms with Crippen LogP contribution < -0.4 is 24.8 Å². The first-order valence-electron chi connectivity index (χ1n) is 11.4. The van der Waals surface area contributed by atoms with Crippen LogP contribution in [0.3, 0.4) is 0 Å². The fourth-order valence-corrected chi connectivity index (χ4v) is 4.27. The molecular weight excluding hydrogens is 500 g/mol. The number of fused-ring (bicyclic) bond motifs is 1. The number of ether oxygens (including phenoxy) is 3. The lowest BCUT2D eigenvalue weighted by Crippen LogP contribution is -2.25. The second kappa shape index (κ2) is 8.79. The number of hydrogen-bond donors (Lipinski definition) is 2. The maximum Gasteiger partial charge on any atom is 0.251 e. The van der Waals surface area contributed by atoms with Crippen molar-refractivity contribution >= 4 is 33.5 Å². The first-order valence-corrected chi connectivity index (χ1v) is 12.2.